The molecule has 1 aliphatic rings. The van der Waals surface area contributed by atoms with Gasteiger partial charge < -0.3 is 30.1 Å². The number of hydrogen-bond acceptors (Lipinski definition) is 10. The van der Waals surface area contributed by atoms with Crippen molar-refractivity contribution in [2.75, 3.05) is 39.2 Å². The van der Waals surface area contributed by atoms with Crippen molar-refractivity contribution in [1.82, 2.24) is 10.2 Å². The summed E-state index contributed by atoms with van der Waals surface area (Å²) in [6, 6.07) is 24.8. The van der Waals surface area contributed by atoms with Crippen LogP contribution < -0.4 is 14.8 Å². The third-order valence-corrected chi connectivity index (χ3v) is 10.3. The quantitative estimate of drug-likeness (QED) is 0.0709. The molecule has 1 saturated heterocycles. The average Bonchev–Trinajstić information content (AvgIpc) is 4.02. The highest BCUT2D eigenvalue weighted by Gasteiger charge is 2.30. The van der Waals surface area contributed by atoms with Gasteiger partial charge in [0.1, 0.15) is 30.8 Å². The van der Waals surface area contributed by atoms with Crippen molar-refractivity contribution >= 4 is 16.0 Å². The number of carbonyl (C=O) groups excluding carboxylic acids is 1. The van der Waals surface area contributed by atoms with E-state index >= 15 is 0 Å². The van der Waals surface area contributed by atoms with E-state index in [1.807, 2.05) is 64.1 Å². The van der Waals surface area contributed by atoms with Crippen LogP contribution in [0.25, 0.3) is 0 Å². The molecule has 0 radical (unpaired) electrons. The van der Waals surface area contributed by atoms with Crippen LogP contribution in [0, 0.1) is 0 Å². The molecule has 1 aliphatic heterocycles. The number of hydrogen-bond donors (Lipinski definition) is 4. The minimum absolute atomic E-state index is 0.0637. The number of ether oxygens (including phenoxy) is 2. The van der Waals surface area contributed by atoms with Crippen molar-refractivity contribution in [1.29, 1.82) is 0 Å². The lowest BCUT2D eigenvalue weighted by Gasteiger charge is -2.29. The molecule has 1 heterocycles. The number of aliphatic hydroxyl groups excluding tert-OH is 3. The van der Waals surface area contributed by atoms with E-state index in [-0.39, 0.29) is 35.5 Å². The Labute approximate surface area is 368 Å². The van der Waals surface area contributed by atoms with E-state index in [1.54, 1.807) is 20.8 Å². The maximum Gasteiger partial charge on any atom is 0.264 e. The monoisotopic (exact) mass is 871 g/mol. The fourth-order valence-corrected chi connectivity index (χ4v) is 6.63. The Kier molecular flexibility index (Phi) is 21.4. The number of nitrogens with one attached hydrogen (secondary N) is 1. The molecule has 2 atom stereocenters. The van der Waals surface area contributed by atoms with E-state index in [0.29, 0.717) is 24.3 Å². The van der Waals surface area contributed by atoms with Crippen LogP contribution >= 0.6 is 0 Å². The molecule has 0 aromatic heterocycles. The molecule has 1 fully saturated rings. The third-order valence-electron chi connectivity index (χ3n) is 9.53. The molecule has 0 bridgehead atoms. The lowest BCUT2D eigenvalue weighted by atomic mass is 9.74. The average molecular weight is 871 g/mol. The predicted octanol–water partition coefficient (Wildman–Crippen LogP) is 8.17. The fraction of sp³-hybridized carbons (Fsp3) is 0.571. The minimum Gasteiger partial charge on any atom is -0.491 e. The van der Waals surface area contributed by atoms with Crippen LogP contribution in [0.4, 0.5) is 0 Å². The Bertz CT molecular complexity index is 1760. The van der Waals surface area contributed by atoms with Gasteiger partial charge >= 0.3 is 0 Å². The molecule has 0 aliphatic carbocycles. The molecule has 2 unspecified atom stereocenters. The number of aliphatic hydroxyl groups is 3. The summed E-state index contributed by atoms with van der Waals surface area (Å²) in [6.45, 7) is 34.4. The van der Waals surface area contributed by atoms with Gasteiger partial charge in [-0.3, -0.25) is 13.9 Å². The van der Waals surface area contributed by atoms with Crippen LogP contribution in [0.15, 0.2) is 85.5 Å². The number of benzene rings is 3. The van der Waals surface area contributed by atoms with Crippen molar-refractivity contribution in [2.24, 2.45) is 0 Å². The Morgan fingerprint density at radius 3 is 1.25 bits per heavy atom. The molecular weight excluding hydrogens is 793 g/mol. The van der Waals surface area contributed by atoms with Crippen LogP contribution in [0.3, 0.4) is 0 Å². The zero-order chi connectivity index (χ0) is 47.0. The van der Waals surface area contributed by atoms with E-state index in [4.69, 9.17) is 14.6 Å². The van der Waals surface area contributed by atoms with E-state index < -0.39 is 27.9 Å². The van der Waals surface area contributed by atoms with E-state index in [0.717, 1.165) is 17.6 Å². The van der Waals surface area contributed by atoms with Crippen LogP contribution in [0.2, 0.25) is 0 Å². The van der Waals surface area contributed by atoms with E-state index in [9.17, 15) is 23.4 Å². The molecule has 4 rings (SSSR count). The van der Waals surface area contributed by atoms with Crippen molar-refractivity contribution in [3.63, 3.8) is 0 Å². The molecule has 61 heavy (non-hydrogen) atoms. The highest BCUT2D eigenvalue weighted by atomic mass is 32.2. The summed E-state index contributed by atoms with van der Waals surface area (Å²) in [5.74, 6) is 1.31. The Morgan fingerprint density at radius 1 is 0.705 bits per heavy atom. The van der Waals surface area contributed by atoms with Gasteiger partial charge in [0.2, 0.25) is 5.91 Å². The fourth-order valence-electron chi connectivity index (χ4n) is 5.72. The van der Waals surface area contributed by atoms with E-state index in [1.165, 1.54) is 35.9 Å². The van der Waals surface area contributed by atoms with Gasteiger partial charge in [0.25, 0.3) is 10.1 Å². The van der Waals surface area contributed by atoms with Gasteiger partial charge in [-0.15, -0.1) is 0 Å². The zero-order valence-corrected chi connectivity index (χ0v) is 40.6. The summed E-state index contributed by atoms with van der Waals surface area (Å²) < 4.78 is 36.7. The molecule has 11 nitrogen and oxygen atoms in total. The third kappa shape index (κ3) is 22.2. The van der Waals surface area contributed by atoms with Crippen LogP contribution in [-0.2, 0) is 29.9 Å². The molecule has 1 amide bonds. The predicted molar refractivity (Wildman–Crippen MR) is 249 cm³/mol. The summed E-state index contributed by atoms with van der Waals surface area (Å²) in [5.41, 5.74) is 4.11. The van der Waals surface area contributed by atoms with Gasteiger partial charge in [-0.2, -0.15) is 8.42 Å². The first-order chi connectivity index (χ1) is 27.8. The van der Waals surface area contributed by atoms with Crippen molar-refractivity contribution in [2.45, 2.75) is 143 Å². The van der Waals surface area contributed by atoms with E-state index in [2.05, 4.69) is 106 Å². The highest BCUT2D eigenvalue weighted by molar-refractivity contribution is 7.86. The summed E-state index contributed by atoms with van der Waals surface area (Å²) in [5, 5.41) is 30.8. The lowest BCUT2D eigenvalue weighted by Crippen LogP contribution is -2.39. The first-order valence-electron chi connectivity index (χ1n) is 21.0. The minimum atomic E-state index is -3.28. The molecular formula is C49H78N2O9S. The van der Waals surface area contributed by atoms with Gasteiger partial charge in [0.15, 0.2) is 0 Å². The summed E-state index contributed by atoms with van der Waals surface area (Å²) in [6.07, 6.45) is 1.66. The normalized spacial score (nSPS) is 14.3. The zero-order valence-electron chi connectivity index (χ0n) is 39.8. The Hall–Kier alpha value is -3.78. The number of rotatable bonds is 14. The molecule has 12 heteroatoms. The summed E-state index contributed by atoms with van der Waals surface area (Å²) in [4.78, 5) is 13.0. The van der Waals surface area contributed by atoms with Crippen LogP contribution in [0.5, 0.6) is 11.5 Å². The summed E-state index contributed by atoms with van der Waals surface area (Å²) in [7, 11) is -3.28. The largest absolute Gasteiger partial charge is 0.491 e. The molecule has 344 valence electrons. The number of amides is 1. The second-order valence-electron chi connectivity index (χ2n) is 19.4. The van der Waals surface area contributed by atoms with Crippen molar-refractivity contribution in [3.05, 3.63) is 108 Å². The number of nitrogens with zero attached hydrogens (tertiary/aromatic N) is 1. The maximum absolute atomic E-state index is 10.6. The Morgan fingerprint density at radius 2 is 1.05 bits per heavy atom. The van der Waals surface area contributed by atoms with Gasteiger partial charge in [0.05, 0.1) is 24.6 Å². The van der Waals surface area contributed by atoms with Crippen molar-refractivity contribution in [3.8, 4) is 11.5 Å². The number of carbonyl (C=O) groups is 1. The van der Waals surface area contributed by atoms with Gasteiger partial charge in [0, 0.05) is 35.0 Å². The molecule has 0 saturated carbocycles. The summed E-state index contributed by atoms with van der Waals surface area (Å²) >= 11 is 0. The standard InChI is InChI=1S/C31H40O5.C7H13NO.C6H13N.C5H12O3S/c1-6-26(33)20-35-28-15-11-24(12-16-28)30(2,3)22-7-9-23(10-8-22)31(4,5)25-13-17-29(18-14-25)36-21-27(34)19-32;1-5-6(9)8-7(2,3)4;1-6(2,3)7-4-5-7;1-5(2,3)8-9(4,6)7/h7-18,26-27,32-34H,6,19-21H2,1-5H3;5H,1H2,2-4H3,(H,8,9);4-5H2,1-3H3;1-4H3. The van der Waals surface area contributed by atoms with Gasteiger partial charge in [-0.05, 0) is 121 Å². The second-order valence-corrected chi connectivity index (χ2v) is 21.0. The van der Waals surface area contributed by atoms with Crippen LogP contribution in [0.1, 0.15) is 126 Å². The van der Waals surface area contributed by atoms with Gasteiger partial charge in [-0.1, -0.05) is 89.7 Å². The molecule has 3 aromatic rings. The topological polar surface area (TPSA) is 155 Å². The molecule has 3 aromatic carbocycles. The molecule has 4 N–H and O–H groups in total. The lowest BCUT2D eigenvalue weighted by molar-refractivity contribution is -0.117. The Balaban J connectivity index is 0.000000597. The molecule has 0 spiro atoms. The van der Waals surface area contributed by atoms with Crippen molar-refractivity contribution < 1.29 is 42.2 Å². The highest BCUT2D eigenvalue weighted by Crippen LogP contribution is 2.36. The SMILES string of the molecule is C=CC(=O)NC(C)(C)C.CC(C)(C)N1CC1.CC(C)(C)OS(C)(=O)=O.CCC(O)COc1ccc(C(C)(C)c2ccc(C(C)(C)c3ccc(OCC(O)CO)cc3)cc2)cc1. The second kappa shape index (κ2) is 23.6. The van der Waals surface area contributed by atoms with Crippen LogP contribution in [-0.4, -0.2) is 103 Å². The smallest absolute Gasteiger partial charge is 0.264 e. The van der Waals surface area contributed by atoms with Gasteiger partial charge in [-0.25, -0.2) is 0 Å². The first kappa shape index (κ1) is 55.2. The maximum atomic E-state index is 10.6. The first-order valence-corrected chi connectivity index (χ1v) is 22.8.